The number of hydrogen-bond donors (Lipinski definition) is 1. The van der Waals surface area contributed by atoms with Gasteiger partial charge >= 0.3 is 5.97 Å². The van der Waals surface area contributed by atoms with E-state index in [0.717, 1.165) is 10.8 Å². The van der Waals surface area contributed by atoms with Gasteiger partial charge in [0, 0.05) is 23.2 Å². The van der Waals surface area contributed by atoms with Crippen LogP contribution in [0.15, 0.2) is 36.7 Å². The summed E-state index contributed by atoms with van der Waals surface area (Å²) in [5.74, 6) is -0.228. The maximum atomic E-state index is 10.9. The first-order valence-corrected chi connectivity index (χ1v) is 4.45. The average Bonchev–Trinajstić information content (AvgIpc) is 2.29. The van der Waals surface area contributed by atoms with Crippen LogP contribution in [0.4, 0.5) is 0 Å². The number of aliphatic hydroxyl groups excluding tert-OH is 1. The molecule has 0 unspecified atom stereocenters. The molecule has 0 spiro atoms. The van der Waals surface area contributed by atoms with Crippen LogP contribution in [0.5, 0.6) is 5.75 Å². The zero-order valence-corrected chi connectivity index (χ0v) is 7.88. The highest BCUT2D eigenvalue weighted by molar-refractivity contribution is 5.89. The quantitative estimate of drug-likeness (QED) is 0.587. The minimum absolute atomic E-state index is 0.439. The Morgan fingerprint density at radius 2 is 2.27 bits per heavy atom. The normalized spacial score (nSPS) is 10.2. The molecule has 0 aliphatic heterocycles. The van der Waals surface area contributed by atoms with Gasteiger partial charge in [-0.05, 0) is 12.1 Å². The van der Waals surface area contributed by atoms with Crippen molar-refractivity contribution in [2.75, 3.05) is 6.61 Å². The lowest BCUT2D eigenvalue weighted by Crippen LogP contribution is -2.12. The van der Waals surface area contributed by atoms with Crippen molar-refractivity contribution in [3.8, 4) is 5.75 Å². The van der Waals surface area contributed by atoms with Crippen molar-refractivity contribution in [1.29, 1.82) is 0 Å². The summed E-state index contributed by atoms with van der Waals surface area (Å²) < 4.78 is 4.96. The number of ether oxygens (including phenoxy) is 1. The largest absolute Gasteiger partial charge is 0.424 e. The highest BCUT2D eigenvalue weighted by atomic mass is 16.5. The minimum atomic E-state index is -0.667. The maximum absolute atomic E-state index is 10.9. The van der Waals surface area contributed by atoms with E-state index in [1.54, 1.807) is 30.6 Å². The Hall–Kier alpha value is -1.94. The predicted octanol–water partition coefficient (Wildman–Crippen LogP) is 1.13. The fourth-order valence-corrected chi connectivity index (χ4v) is 1.34. The Labute approximate surface area is 86.1 Å². The monoisotopic (exact) mass is 203 g/mol. The van der Waals surface area contributed by atoms with Crippen LogP contribution in [-0.4, -0.2) is 22.7 Å². The van der Waals surface area contributed by atoms with Crippen LogP contribution < -0.4 is 4.74 Å². The van der Waals surface area contributed by atoms with Crippen LogP contribution in [0.3, 0.4) is 0 Å². The van der Waals surface area contributed by atoms with Gasteiger partial charge in [-0.15, -0.1) is 0 Å². The lowest BCUT2D eigenvalue weighted by atomic mass is 10.1. The summed E-state index contributed by atoms with van der Waals surface area (Å²) in [5.41, 5.74) is 0. The van der Waals surface area contributed by atoms with Gasteiger partial charge in [0.25, 0.3) is 0 Å². The van der Waals surface area contributed by atoms with Gasteiger partial charge < -0.3 is 9.84 Å². The Morgan fingerprint density at radius 1 is 1.40 bits per heavy atom. The van der Waals surface area contributed by atoms with E-state index in [4.69, 9.17) is 9.84 Å². The van der Waals surface area contributed by atoms with Gasteiger partial charge in [-0.3, -0.25) is 4.98 Å². The van der Waals surface area contributed by atoms with Crippen molar-refractivity contribution >= 4 is 16.7 Å². The predicted molar refractivity (Wildman–Crippen MR) is 54.5 cm³/mol. The highest BCUT2D eigenvalue weighted by Crippen LogP contribution is 2.24. The molecule has 0 atom stereocenters. The average molecular weight is 203 g/mol. The number of aromatic nitrogens is 1. The molecule has 0 radical (unpaired) electrons. The number of aliphatic hydroxyl groups is 1. The van der Waals surface area contributed by atoms with Crippen LogP contribution >= 0.6 is 0 Å². The third-order valence-corrected chi connectivity index (χ3v) is 1.99. The number of pyridine rings is 1. The summed E-state index contributed by atoms with van der Waals surface area (Å²) >= 11 is 0. The van der Waals surface area contributed by atoms with E-state index in [-0.39, 0.29) is 0 Å². The molecule has 76 valence electrons. The molecule has 1 heterocycles. The van der Waals surface area contributed by atoms with E-state index in [1.165, 1.54) is 0 Å². The first-order chi connectivity index (χ1) is 7.31. The first kappa shape index (κ1) is 9.61. The molecule has 0 aliphatic rings. The number of carbonyl (C=O) groups excluding carboxylic acids is 1. The molecule has 15 heavy (non-hydrogen) atoms. The molecule has 0 aliphatic carbocycles. The van der Waals surface area contributed by atoms with Crippen LogP contribution in [0.1, 0.15) is 0 Å². The third-order valence-electron chi connectivity index (χ3n) is 1.99. The van der Waals surface area contributed by atoms with Crippen LogP contribution in [0, 0.1) is 0 Å². The summed E-state index contributed by atoms with van der Waals surface area (Å²) in [7, 11) is 0. The number of rotatable bonds is 2. The number of fused-ring (bicyclic) bond motifs is 1. The Kier molecular flexibility index (Phi) is 2.60. The number of hydrogen-bond acceptors (Lipinski definition) is 4. The molecular weight excluding hydrogens is 194 g/mol. The lowest BCUT2D eigenvalue weighted by Gasteiger charge is -2.05. The van der Waals surface area contributed by atoms with Gasteiger partial charge in [-0.1, -0.05) is 12.1 Å². The number of benzene rings is 1. The topological polar surface area (TPSA) is 59.4 Å². The molecule has 1 aromatic heterocycles. The fourth-order valence-electron chi connectivity index (χ4n) is 1.34. The van der Waals surface area contributed by atoms with E-state index < -0.39 is 12.6 Å². The molecule has 0 fully saturated rings. The van der Waals surface area contributed by atoms with E-state index in [9.17, 15) is 4.79 Å². The van der Waals surface area contributed by atoms with Crippen molar-refractivity contribution in [1.82, 2.24) is 4.98 Å². The van der Waals surface area contributed by atoms with Crippen molar-refractivity contribution < 1.29 is 14.6 Å². The molecule has 0 amide bonds. The van der Waals surface area contributed by atoms with Crippen molar-refractivity contribution in [2.45, 2.75) is 0 Å². The highest BCUT2D eigenvalue weighted by Gasteiger charge is 2.05. The van der Waals surface area contributed by atoms with Gasteiger partial charge in [-0.2, -0.15) is 0 Å². The summed E-state index contributed by atoms with van der Waals surface area (Å²) in [5, 5.41) is 10.3. The molecule has 4 heteroatoms. The Bertz CT molecular complexity index is 491. The van der Waals surface area contributed by atoms with Crippen LogP contribution in [0.25, 0.3) is 10.8 Å². The Balaban J connectivity index is 2.46. The molecule has 4 nitrogen and oxygen atoms in total. The standard InChI is InChI=1S/C11H9NO3/c13-7-11(14)15-10-3-1-2-8-6-12-5-4-9(8)10/h1-6,13H,7H2. The molecule has 0 saturated carbocycles. The molecule has 2 rings (SSSR count). The van der Waals surface area contributed by atoms with Crippen molar-refractivity contribution in [3.63, 3.8) is 0 Å². The number of nitrogens with zero attached hydrogens (tertiary/aromatic N) is 1. The second kappa shape index (κ2) is 4.06. The van der Waals surface area contributed by atoms with E-state index >= 15 is 0 Å². The summed E-state index contributed by atoms with van der Waals surface area (Å²) in [4.78, 5) is 14.9. The van der Waals surface area contributed by atoms with Crippen molar-refractivity contribution in [2.24, 2.45) is 0 Å². The van der Waals surface area contributed by atoms with Gasteiger partial charge in [-0.25, -0.2) is 4.79 Å². The van der Waals surface area contributed by atoms with E-state index in [2.05, 4.69) is 4.98 Å². The number of carbonyl (C=O) groups is 1. The smallest absolute Gasteiger partial charge is 0.337 e. The molecule has 1 aromatic carbocycles. The second-order valence-electron chi connectivity index (χ2n) is 2.99. The Morgan fingerprint density at radius 3 is 3.07 bits per heavy atom. The zero-order valence-electron chi connectivity index (χ0n) is 7.88. The molecular formula is C11H9NO3. The third kappa shape index (κ3) is 1.94. The van der Waals surface area contributed by atoms with Gasteiger partial charge in [0.1, 0.15) is 12.4 Å². The fraction of sp³-hybridized carbons (Fsp3) is 0.0909. The second-order valence-corrected chi connectivity index (χ2v) is 2.99. The SMILES string of the molecule is O=C(CO)Oc1cccc2cnccc12. The van der Waals surface area contributed by atoms with Crippen molar-refractivity contribution in [3.05, 3.63) is 36.7 Å². The molecule has 2 aromatic rings. The summed E-state index contributed by atoms with van der Waals surface area (Å²) in [6.07, 6.45) is 3.31. The summed E-state index contributed by atoms with van der Waals surface area (Å²) in [6.45, 7) is -0.624. The van der Waals surface area contributed by atoms with Crippen LogP contribution in [-0.2, 0) is 4.79 Å². The minimum Gasteiger partial charge on any atom is -0.424 e. The van der Waals surface area contributed by atoms with E-state index in [0.29, 0.717) is 5.75 Å². The lowest BCUT2D eigenvalue weighted by molar-refractivity contribution is -0.137. The maximum Gasteiger partial charge on any atom is 0.337 e. The van der Waals surface area contributed by atoms with Crippen LogP contribution in [0.2, 0.25) is 0 Å². The number of esters is 1. The van der Waals surface area contributed by atoms with E-state index in [1.807, 2.05) is 6.07 Å². The first-order valence-electron chi connectivity index (χ1n) is 4.45. The van der Waals surface area contributed by atoms with Gasteiger partial charge in [0.15, 0.2) is 0 Å². The summed E-state index contributed by atoms with van der Waals surface area (Å²) in [6, 6.07) is 7.08. The molecule has 1 N–H and O–H groups in total. The van der Waals surface area contributed by atoms with Gasteiger partial charge in [0.2, 0.25) is 0 Å². The molecule has 0 bridgehead atoms. The van der Waals surface area contributed by atoms with Gasteiger partial charge in [0.05, 0.1) is 0 Å². The zero-order chi connectivity index (χ0) is 10.7. The molecule has 0 saturated heterocycles.